The summed E-state index contributed by atoms with van der Waals surface area (Å²) in [6, 6.07) is 9.12. The first-order valence-corrected chi connectivity index (χ1v) is 5.93. The standard InChI is InChI=1S/C11H12N6OS/c12-10(19)9(7-4-2-1-3-5-7)11(18)13-6-8-14-16-17-15-8/h1-5,9H,6H2,(H2,12,19)(H,13,18)(H,14,15,16,17). The van der Waals surface area contributed by atoms with Gasteiger partial charge in [0.25, 0.3) is 0 Å². The van der Waals surface area contributed by atoms with Crippen LogP contribution in [-0.2, 0) is 11.3 Å². The predicted molar refractivity (Wildman–Crippen MR) is 72.0 cm³/mol. The number of aromatic amines is 1. The van der Waals surface area contributed by atoms with Gasteiger partial charge in [-0.15, -0.1) is 10.2 Å². The van der Waals surface area contributed by atoms with Crippen molar-refractivity contribution in [2.24, 2.45) is 5.73 Å². The Bertz CT molecular complexity index is 556. The molecule has 19 heavy (non-hydrogen) atoms. The molecule has 1 heterocycles. The number of tetrazole rings is 1. The second-order valence-electron chi connectivity index (χ2n) is 3.79. The monoisotopic (exact) mass is 276 g/mol. The normalized spacial score (nSPS) is 11.8. The summed E-state index contributed by atoms with van der Waals surface area (Å²) in [4.78, 5) is 12.2. The molecular weight excluding hydrogens is 264 g/mol. The summed E-state index contributed by atoms with van der Waals surface area (Å²) in [7, 11) is 0. The fourth-order valence-corrected chi connectivity index (χ4v) is 1.86. The van der Waals surface area contributed by atoms with Crippen LogP contribution >= 0.6 is 12.2 Å². The average Bonchev–Trinajstić information content (AvgIpc) is 2.90. The number of benzene rings is 1. The van der Waals surface area contributed by atoms with Crippen LogP contribution in [0.1, 0.15) is 17.3 Å². The van der Waals surface area contributed by atoms with E-state index in [1.807, 2.05) is 18.2 Å². The Morgan fingerprint density at radius 3 is 2.74 bits per heavy atom. The van der Waals surface area contributed by atoms with E-state index in [0.29, 0.717) is 5.82 Å². The van der Waals surface area contributed by atoms with Crippen molar-refractivity contribution in [2.75, 3.05) is 0 Å². The molecule has 1 amide bonds. The minimum atomic E-state index is -0.664. The summed E-state index contributed by atoms with van der Waals surface area (Å²) in [5, 5.41) is 15.9. The van der Waals surface area contributed by atoms with Crippen molar-refractivity contribution in [1.29, 1.82) is 0 Å². The highest BCUT2D eigenvalue weighted by Gasteiger charge is 2.23. The lowest BCUT2D eigenvalue weighted by atomic mass is 9.98. The van der Waals surface area contributed by atoms with E-state index in [2.05, 4.69) is 25.9 Å². The maximum atomic E-state index is 12.1. The van der Waals surface area contributed by atoms with Gasteiger partial charge in [-0.25, -0.2) is 0 Å². The number of nitrogens with one attached hydrogen (secondary N) is 2. The number of carbonyl (C=O) groups excluding carboxylic acids is 1. The summed E-state index contributed by atoms with van der Waals surface area (Å²) in [6.07, 6.45) is 0. The number of rotatable bonds is 5. The third kappa shape index (κ3) is 3.32. The number of hydrogen-bond donors (Lipinski definition) is 3. The highest BCUT2D eigenvalue weighted by Crippen LogP contribution is 2.16. The molecule has 0 bridgehead atoms. The summed E-state index contributed by atoms with van der Waals surface area (Å²) in [5.74, 6) is -0.560. The molecule has 0 aliphatic carbocycles. The van der Waals surface area contributed by atoms with E-state index in [9.17, 15) is 4.79 Å². The van der Waals surface area contributed by atoms with Crippen molar-refractivity contribution < 1.29 is 4.79 Å². The Balaban J connectivity index is 2.07. The number of amides is 1. The zero-order valence-electron chi connectivity index (χ0n) is 9.91. The lowest BCUT2D eigenvalue weighted by molar-refractivity contribution is -0.121. The van der Waals surface area contributed by atoms with E-state index in [1.54, 1.807) is 12.1 Å². The SMILES string of the molecule is NC(=S)C(C(=O)NCc1nn[nH]n1)c1ccccc1. The summed E-state index contributed by atoms with van der Waals surface area (Å²) in [5.41, 5.74) is 6.39. The molecule has 2 aromatic rings. The fraction of sp³-hybridized carbons (Fsp3) is 0.182. The van der Waals surface area contributed by atoms with Gasteiger partial charge in [-0.3, -0.25) is 4.79 Å². The minimum absolute atomic E-state index is 0.122. The van der Waals surface area contributed by atoms with Gasteiger partial charge in [0.15, 0.2) is 5.82 Å². The molecule has 0 radical (unpaired) electrons. The molecular formula is C11H12N6OS. The number of thiocarbonyl (C=S) groups is 1. The topological polar surface area (TPSA) is 110 Å². The predicted octanol–water partition coefficient (Wildman–Crippen LogP) is -0.114. The van der Waals surface area contributed by atoms with Gasteiger partial charge in [0.1, 0.15) is 5.92 Å². The van der Waals surface area contributed by atoms with Crippen LogP contribution in [0.3, 0.4) is 0 Å². The molecule has 0 spiro atoms. The Morgan fingerprint density at radius 1 is 1.42 bits per heavy atom. The molecule has 2 rings (SSSR count). The lowest BCUT2D eigenvalue weighted by Crippen LogP contribution is -2.36. The largest absolute Gasteiger partial charge is 0.392 e. The third-order valence-electron chi connectivity index (χ3n) is 2.49. The van der Waals surface area contributed by atoms with E-state index in [1.165, 1.54) is 0 Å². The molecule has 1 atom stereocenters. The van der Waals surface area contributed by atoms with E-state index >= 15 is 0 Å². The maximum absolute atomic E-state index is 12.1. The molecule has 7 nitrogen and oxygen atoms in total. The van der Waals surface area contributed by atoms with Crippen LogP contribution in [0, 0.1) is 0 Å². The summed E-state index contributed by atoms with van der Waals surface area (Å²) in [6.45, 7) is 0.168. The average molecular weight is 276 g/mol. The quantitative estimate of drug-likeness (QED) is 0.657. The first-order valence-electron chi connectivity index (χ1n) is 5.53. The van der Waals surface area contributed by atoms with Crippen LogP contribution < -0.4 is 11.1 Å². The Morgan fingerprint density at radius 2 is 2.16 bits per heavy atom. The van der Waals surface area contributed by atoms with Crippen LogP contribution in [0.4, 0.5) is 0 Å². The summed E-state index contributed by atoms with van der Waals surface area (Å²) >= 11 is 4.96. The van der Waals surface area contributed by atoms with Gasteiger partial charge < -0.3 is 11.1 Å². The highest BCUT2D eigenvalue weighted by atomic mass is 32.1. The Kier molecular flexibility index (Phi) is 4.14. The van der Waals surface area contributed by atoms with Crippen LogP contribution in [0.5, 0.6) is 0 Å². The molecule has 98 valence electrons. The van der Waals surface area contributed by atoms with Crippen molar-refractivity contribution in [3.05, 3.63) is 41.7 Å². The number of nitrogens with zero attached hydrogens (tertiary/aromatic N) is 3. The first kappa shape index (κ1) is 13.1. The van der Waals surface area contributed by atoms with Gasteiger partial charge >= 0.3 is 0 Å². The Labute approximate surface area is 114 Å². The number of aromatic nitrogens is 4. The first-order chi connectivity index (χ1) is 9.18. The van der Waals surface area contributed by atoms with Crippen LogP contribution in [0.2, 0.25) is 0 Å². The second-order valence-corrected chi connectivity index (χ2v) is 4.26. The minimum Gasteiger partial charge on any atom is -0.392 e. The number of carbonyl (C=O) groups is 1. The van der Waals surface area contributed by atoms with E-state index < -0.39 is 5.92 Å². The fourth-order valence-electron chi connectivity index (χ4n) is 1.62. The van der Waals surface area contributed by atoms with Crippen LogP contribution in [0.15, 0.2) is 30.3 Å². The van der Waals surface area contributed by atoms with E-state index in [-0.39, 0.29) is 17.4 Å². The maximum Gasteiger partial charge on any atom is 0.234 e. The zero-order chi connectivity index (χ0) is 13.7. The molecule has 4 N–H and O–H groups in total. The summed E-state index contributed by atoms with van der Waals surface area (Å²) < 4.78 is 0. The molecule has 0 aliphatic rings. The molecule has 1 unspecified atom stereocenters. The van der Waals surface area contributed by atoms with Crippen molar-refractivity contribution in [3.8, 4) is 0 Å². The molecule has 8 heteroatoms. The van der Waals surface area contributed by atoms with Gasteiger partial charge in [-0.05, 0) is 5.56 Å². The van der Waals surface area contributed by atoms with Crippen molar-refractivity contribution in [1.82, 2.24) is 25.9 Å². The highest BCUT2D eigenvalue weighted by molar-refractivity contribution is 7.80. The molecule has 0 saturated carbocycles. The smallest absolute Gasteiger partial charge is 0.234 e. The van der Waals surface area contributed by atoms with Gasteiger partial charge in [-0.2, -0.15) is 5.21 Å². The molecule has 1 aromatic carbocycles. The second kappa shape index (κ2) is 6.01. The third-order valence-corrected chi connectivity index (χ3v) is 2.73. The lowest BCUT2D eigenvalue weighted by Gasteiger charge is -2.15. The van der Waals surface area contributed by atoms with Crippen molar-refractivity contribution >= 4 is 23.1 Å². The number of H-pyrrole nitrogens is 1. The van der Waals surface area contributed by atoms with E-state index in [4.69, 9.17) is 18.0 Å². The molecule has 1 aromatic heterocycles. The van der Waals surface area contributed by atoms with Gasteiger partial charge in [0.05, 0.1) is 11.5 Å². The van der Waals surface area contributed by atoms with Gasteiger partial charge in [0.2, 0.25) is 5.91 Å². The molecule has 0 fully saturated rings. The Hall–Kier alpha value is -2.35. The number of nitrogens with two attached hydrogens (primary N) is 1. The van der Waals surface area contributed by atoms with Gasteiger partial charge in [-0.1, -0.05) is 47.8 Å². The molecule has 0 saturated heterocycles. The van der Waals surface area contributed by atoms with E-state index in [0.717, 1.165) is 5.56 Å². The zero-order valence-corrected chi connectivity index (χ0v) is 10.7. The van der Waals surface area contributed by atoms with Gasteiger partial charge in [0, 0.05) is 0 Å². The molecule has 0 aliphatic heterocycles. The van der Waals surface area contributed by atoms with Crippen molar-refractivity contribution in [3.63, 3.8) is 0 Å². The van der Waals surface area contributed by atoms with Crippen LogP contribution in [0.25, 0.3) is 0 Å². The number of hydrogen-bond acceptors (Lipinski definition) is 5. The van der Waals surface area contributed by atoms with Crippen LogP contribution in [-0.4, -0.2) is 31.5 Å². The van der Waals surface area contributed by atoms with Crippen molar-refractivity contribution in [2.45, 2.75) is 12.5 Å².